The summed E-state index contributed by atoms with van der Waals surface area (Å²) in [4.78, 5) is 12.8. The van der Waals surface area contributed by atoms with E-state index in [1.54, 1.807) is 7.11 Å². The molecule has 1 amide bonds. The van der Waals surface area contributed by atoms with Crippen molar-refractivity contribution in [2.45, 2.75) is 25.2 Å². The molecule has 0 atom stereocenters. The quantitative estimate of drug-likeness (QED) is 0.745. The number of amides is 1. The second kappa shape index (κ2) is 6.33. The van der Waals surface area contributed by atoms with Gasteiger partial charge >= 0.3 is 0 Å². The molecule has 1 fully saturated rings. The lowest BCUT2D eigenvalue weighted by atomic mass is 10.00. The van der Waals surface area contributed by atoms with Crippen molar-refractivity contribution >= 4 is 11.6 Å². The minimum Gasteiger partial charge on any atom is -0.497 e. The number of aryl methyl sites for hydroxylation is 1. The first-order chi connectivity index (χ1) is 12.6. The van der Waals surface area contributed by atoms with Crippen molar-refractivity contribution in [3.63, 3.8) is 0 Å². The Kier molecular flexibility index (Phi) is 3.99. The summed E-state index contributed by atoms with van der Waals surface area (Å²) >= 11 is 0. The summed E-state index contributed by atoms with van der Waals surface area (Å²) in [5.41, 5.74) is 2.87. The van der Waals surface area contributed by atoms with Crippen LogP contribution in [-0.2, 0) is 10.2 Å². The third kappa shape index (κ3) is 2.96. The largest absolute Gasteiger partial charge is 0.497 e. The Morgan fingerprint density at radius 3 is 2.69 bits per heavy atom. The van der Waals surface area contributed by atoms with E-state index in [-0.39, 0.29) is 5.91 Å². The fraction of sp³-hybridized carbons (Fsp3) is 0.238. The van der Waals surface area contributed by atoms with Gasteiger partial charge in [-0.25, -0.2) is 0 Å². The van der Waals surface area contributed by atoms with E-state index in [4.69, 9.17) is 9.26 Å². The molecule has 5 nitrogen and oxygen atoms in total. The Bertz CT molecular complexity index is 957. The number of anilines is 1. The molecule has 1 aromatic heterocycles. The van der Waals surface area contributed by atoms with Gasteiger partial charge in [0, 0.05) is 17.3 Å². The zero-order valence-corrected chi connectivity index (χ0v) is 14.8. The molecule has 0 aliphatic heterocycles. The molecular formula is C21H20N2O3. The molecule has 4 rings (SSSR count). The van der Waals surface area contributed by atoms with Gasteiger partial charge in [0.1, 0.15) is 5.75 Å². The Hall–Kier alpha value is -3.08. The predicted octanol–water partition coefficient (Wildman–Crippen LogP) is 4.33. The van der Waals surface area contributed by atoms with E-state index in [0.717, 1.165) is 35.4 Å². The van der Waals surface area contributed by atoms with E-state index < -0.39 is 5.41 Å². The third-order valence-corrected chi connectivity index (χ3v) is 4.82. The van der Waals surface area contributed by atoms with Gasteiger partial charge < -0.3 is 14.6 Å². The highest BCUT2D eigenvalue weighted by atomic mass is 16.5. The van der Waals surface area contributed by atoms with Crippen LogP contribution in [0, 0.1) is 6.92 Å². The molecule has 1 aliphatic carbocycles. The molecule has 1 heterocycles. The average molecular weight is 348 g/mol. The Morgan fingerprint density at radius 2 is 1.96 bits per heavy atom. The number of rotatable bonds is 5. The van der Waals surface area contributed by atoms with Gasteiger partial charge in [0.2, 0.25) is 5.91 Å². The smallest absolute Gasteiger partial charge is 0.236 e. The van der Waals surface area contributed by atoms with Gasteiger partial charge in [0.25, 0.3) is 0 Å². The maximum atomic E-state index is 12.8. The van der Waals surface area contributed by atoms with Crippen LogP contribution in [0.1, 0.15) is 24.1 Å². The third-order valence-electron chi connectivity index (χ3n) is 4.82. The lowest BCUT2D eigenvalue weighted by Gasteiger charge is -2.12. The van der Waals surface area contributed by atoms with Crippen LogP contribution in [-0.4, -0.2) is 18.2 Å². The molecule has 3 aromatic rings. The van der Waals surface area contributed by atoms with E-state index in [0.29, 0.717) is 11.5 Å². The Morgan fingerprint density at radius 1 is 1.15 bits per heavy atom. The summed E-state index contributed by atoms with van der Waals surface area (Å²) in [7, 11) is 1.62. The molecule has 26 heavy (non-hydrogen) atoms. The number of nitrogens with zero attached hydrogens (tertiary/aromatic N) is 1. The van der Waals surface area contributed by atoms with Crippen LogP contribution >= 0.6 is 0 Å². The van der Waals surface area contributed by atoms with Gasteiger partial charge in [-0.15, -0.1) is 0 Å². The summed E-state index contributed by atoms with van der Waals surface area (Å²) in [6.07, 6.45) is 1.55. The normalized spacial score (nSPS) is 14.7. The standard InChI is InChI=1S/C21H20N2O3/c1-14-5-3-7-16(11-14)22-20(24)21(9-10-21)19-13-18(26-23-19)15-6-4-8-17(12-15)25-2/h3-8,11-13H,9-10H2,1-2H3,(H,22,24). The van der Waals surface area contributed by atoms with Gasteiger partial charge in [0.05, 0.1) is 18.2 Å². The SMILES string of the molecule is COc1cccc(-c2cc(C3(C(=O)Nc4cccc(C)c4)CC3)no2)c1. The van der Waals surface area contributed by atoms with Gasteiger partial charge in [-0.3, -0.25) is 4.79 Å². The van der Waals surface area contributed by atoms with E-state index in [1.165, 1.54) is 0 Å². The van der Waals surface area contributed by atoms with E-state index in [2.05, 4.69) is 10.5 Å². The van der Waals surface area contributed by atoms with Crippen LogP contribution in [0.4, 0.5) is 5.69 Å². The fourth-order valence-corrected chi connectivity index (χ4v) is 3.11. The molecule has 1 aliphatic rings. The van der Waals surface area contributed by atoms with Gasteiger partial charge in [-0.05, 0) is 49.6 Å². The molecule has 1 saturated carbocycles. The Balaban J connectivity index is 1.57. The van der Waals surface area contributed by atoms with E-state index >= 15 is 0 Å². The number of ether oxygens (including phenoxy) is 1. The lowest BCUT2D eigenvalue weighted by molar-refractivity contribution is -0.118. The summed E-state index contributed by atoms with van der Waals surface area (Å²) in [6, 6.07) is 17.2. The summed E-state index contributed by atoms with van der Waals surface area (Å²) in [6.45, 7) is 2.00. The van der Waals surface area contributed by atoms with Crippen LogP contribution in [0.3, 0.4) is 0 Å². The minimum absolute atomic E-state index is 0.0337. The highest BCUT2D eigenvalue weighted by molar-refractivity contribution is 6.01. The molecule has 0 bridgehead atoms. The van der Waals surface area contributed by atoms with Crippen molar-refractivity contribution in [3.05, 3.63) is 65.9 Å². The van der Waals surface area contributed by atoms with Crippen molar-refractivity contribution in [2.75, 3.05) is 12.4 Å². The Labute approximate surface area is 152 Å². The van der Waals surface area contributed by atoms with Crippen molar-refractivity contribution in [1.82, 2.24) is 5.16 Å². The highest BCUT2D eigenvalue weighted by Gasteiger charge is 2.53. The maximum absolute atomic E-state index is 12.8. The molecule has 0 spiro atoms. The number of nitrogens with one attached hydrogen (secondary N) is 1. The number of benzene rings is 2. The van der Waals surface area contributed by atoms with Crippen LogP contribution in [0.25, 0.3) is 11.3 Å². The van der Waals surface area contributed by atoms with Crippen molar-refractivity contribution in [1.29, 1.82) is 0 Å². The van der Waals surface area contributed by atoms with Crippen LogP contribution in [0.2, 0.25) is 0 Å². The lowest BCUT2D eigenvalue weighted by Crippen LogP contribution is -2.28. The molecule has 2 aromatic carbocycles. The monoisotopic (exact) mass is 348 g/mol. The first-order valence-electron chi connectivity index (χ1n) is 8.60. The van der Waals surface area contributed by atoms with Gasteiger partial charge in [-0.1, -0.05) is 29.4 Å². The average Bonchev–Trinajstić information content (AvgIpc) is 3.32. The van der Waals surface area contributed by atoms with Gasteiger partial charge in [-0.2, -0.15) is 0 Å². The summed E-state index contributed by atoms with van der Waals surface area (Å²) in [5, 5.41) is 7.20. The number of carbonyl (C=O) groups excluding carboxylic acids is 1. The molecule has 5 heteroatoms. The number of hydrogen-bond donors (Lipinski definition) is 1. The van der Waals surface area contributed by atoms with Crippen molar-refractivity contribution in [2.24, 2.45) is 0 Å². The fourth-order valence-electron chi connectivity index (χ4n) is 3.11. The second-order valence-corrected chi connectivity index (χ2v) is 6.71. The topological polar surface area (TPSA) is 64.4 Å². The number of methoxy groups -OCH3 is 1. The molecule has 1 N–H and O–H groups in total. The van der Waals surface area contributed by atoms with Crippen molar-refractivity contribution < 1.29 is 14.1 Å². The van der Waals surface area contributed by atoms with Crippen LogP contribution in [0.5, 0.6) is 5.75 Å². The first kappa shape index (κ1) is 16.4. The maximum Gasteiger partial charge on any atom is 0.236 e. The van der Waals surface area contributed by atoms with Crippen LogP contribution < -0.4 is 10.1 Å². The first-order valence-corrected chi connectivity index (χ1v) is 8.60. The van der Waals surface area contributed by atoms with E-state index in [9.17, 15) is 4.79 Å². The minimum atomic E-state index is -0.593. The summed E-state index contributed by atoms with van der Waals surface area (Å²) < 4.78 is 10.8. The molecule has 0 saturated heterocycles. The number of aromatic nitrogens is 1. The van der Waals surface area contributed by atoms with Gasteiger partial charge in [0.15, 0.2) is 5.76 Å². The van der Waals surface area contributed by atoms with Crippen LogP contribution in [0.15, 0.2) is 59.1 Å². The zero-order valence-electron chi connectivity index (χ0n) is 14.8. The second-order valence-electron chi connectivity index (χ2n) is 6.71. The number of carbonyl (C=O) groups is 1. The molecule has 0 radical (unpaired) electrons. The number of hydrogen-bond acceptors (Lipinski definition) is 4. The molecule has 132 valence electrons. The molecule has 0 unspecified atom stereocenters. The molecular weight excluding hydrogens is 328 g/mol. The predicted molar refractivity (Wildman–Crippen MR) is 99.2 cm³/mol. The highest BCUT2D eigenvalue weighted by Crippen LogP contribution is 2.49. The van der Waals surface area contributed by atoms with Crippen molar-refractivity contribution in [3.8, 4) is 17.1 Å². The summed E-state index contributed by atoms with van der Waals surface area (Å²) in [5.74, 6) is 1.35. The van der Waals surface area contributed by atoms with E-state index in [1.807, 2.05) is 61.5 Å². The zero-order chi connectivity index (χ0) is 18.1.